The van der Waals surface area contributed by atoms with Gasteiger partial charge in [0.25, 0.3) is 0 Å². The molecule has 0 heteroatoms. The van der Waals surface area contributed by atoms with Gasteiger partial charge in [-0.3, -0.25) is 0 Å². The summed E-state index contributed by atoms with van der Waals surface area (Å²) < 4.78 is 0. The van der Waals surface area contributed by atoms with Gasteiger partial charge in [0, 0.05) is 0 Å². The van der Waals surface area contributed by atoms with Crippen molar-refractivity contribution in [1.29, 1.82) is 0 Å². The summed E-state index contributed by atoms with van der Waals surface area (Å²) in [4.78, 5) is 0. The van der Waals surface area contributed by atoms with Crippen LogP contribution in [0.2, 0.25) is 0 Å². The summed E-state index contributed by atoms with van der Waals surface area (Å²) in [5.41, 5.74) is 0. The Bertz CT molecular complexity index is 21.5. The zero-order valence-corrected chi connectivity index (χ0v) is 6.08. The highest BCUT2D eigenvalue weighted by molar-refractivity contribution is 4.73. The lowest BCUT2D eigenvalue weighted by Crippen LogP contribution is -1.10. The van der Waals surface area contributed by atoms with Gasteiger partial charge in [-0.25, -0.2) is 0 Å². The first kappa shape index (κ1) is 16.0. The lowest BCUT2D eigenvalue weighted by atomic mass is 10.9. The molecule has 0 nitrogen and oxygen atoms in total. The molecule has 0 saturated heterocycles. The van der Waals surface area contributed by atoms with Crippen LogP contribution in [-0.2, 0) is 0 Å². The smallest absolute Gasteiger partial charge is 0.00297 e. The summed E-state index contributed by atoms with van der Waals surface area (Å²) in [6.07, 6.45) is 4.60. The Morgan fingerprint density at radius 3 is 1.00 bits per heavy atom. The van der Waals surface area contributed by atoms with Crippen molar-refractivity contribution in [2.24, 2.45) is 0 Å². The van der Waals surface area contributed by atoms with E-state index in [1.165, 1.54) is 0 Å². The van der Waals surface area contributed by atoms with Crippen LogP contribution in [0.3, 0.4) is 0 Å². The van der Waals surface area contributed by atoms with Crippen molar-refractivity contribution in [3.05, 3.63) is 0 Å². The number of hydrogen-bond donors (Lipinski definition) is 0. The minimum Gasteiger partial charge on any atom is -0.120 e. The van der Waals surface area contributed by atoms with Gasteiger partial charge in [-0.1, -0.05) is 27.7 Å². The summed E-state index contributed by atoms with van der Waals surface area (Å²) in [7, 11) is 0. The van der Waals surface area contributed by atoms with Crippen LogP contribution in [0.15, 0.2) is 0 Å². The quantitative estimate of drug-likeness (QED) is 0.410. The van der Waals surface area contributed by atoms with Crippen molar-refractivity contribution in [3.63, 3.8) is 0 Å². The first-order valence-electron chi connectivity index (χ1n) is 2.79. The predicted molar refractivity (Wildman–Crippen MR) is 37.2 cm³/mol. The van der Waals surface area contributed by atoms with E-state index in [4.69, 9.17) is 0 Å². The minimum atomic E-state index is 1.65. The third-order valence-corrected chi connectivity index (χ3v) is 0. The molecule has 0 bridgehead atoms. The normalized spacial score (nSPS) is 2.86. The summed E-state index contributed by atoms with van der Waals surface area (Å²) in [6.45, 7) is 9.65. The minimum absolute atomic E-state index is 1.65. The van der Waals surface area contributed by atoms with Gasteiger partial charge in [0.1, 0.15) is 0 Å². The molecule has 7 heavy (non-hydrogen) atoms. The molecule has 44 valence electrons. The largest absolute Gasteiger partial charge is 0.120 e. The van der Waals surface area contributed by atoms with Crippen LogP contribution < -0.4 is 0 Å². The van der Waals surface area contributed by atoms with E-state index in [-0.39, 0.29) is 0 Å². The topological polar surface area (TPSA) is 0 Å². The summed E-state index contributed by atoms with van der Waals surface area (Å²) in [5, 5.41) is 0. The van der Waals surface area contributed by atoms with E-state index >= 15 is 0 Å². The van der Waals surface area contributed by atoms with Gasteiger partial charge in [-0.05, 0) is 6.92 Å². The molecule has 0 heterocycles. The number of rotatable bonds is 0. The summed E-state index contributed by atoms with van der Waals surface area (Å²) in [6, 6.07) is 0. The molecule has 0 aromatic carbocycles. The van der Waals surface area contributed by atoms with Crippen molar-refractivity contribution in [1.82, 2.24) is 0 Å². The second-order valence-electron chi connectivity index (χ2n) is 0.289. The predicted octanol–water partition coefficient (Wildman–Crippen LogP) is 2.69. The molecule has 0 unspecified atom stereocenters. The zero-order valence-electron chi connectivity index (χ0n) is 6.08. The van der Waals surface area contributed by atoms with E-state index in [1.54, 1.807) is 6.92 Å². The van der Waals surface area contributed by atoms with Gasteiger partial charge in [0.15, 0.2) is 0 Å². The molecule has 0 saturated carbocycles. The molecule has 0 aliphatic carbocycles. The van der Waals surface area contributed by atoms with Crippen molar-refractivity contribution in [2.75, 3.05) is 0 Å². The molecule has 0 aromatic rings. The Labute approximate surface area is 47.9 Å². The highest BCUT2D eigenvalue weighted by Crippen LogP contribution is 1.21. The highest BCUT2D eigenvalue weighted by Gasteiger charge is 1.09. The molecular formula is C7H16. The molecule has 0 aromatic heterocycles. The Hall–Kier alpha value is -0.440. The van der Waals surface area contributed by atoms with E-state index in [1.807, 2.05) is 27.7 Å². The fraction of sp³-hybridized carbons (Fsp3) is 0.714. The maximum Gasteiger partial charge on any atom is -0.00297 e. The van der Waals surface area contributed by atoms with E-state index in [0.29, 0.717) is 0 Å². The Kier molecular flexibility index (Phi) is 843. The monoisotopic (exact) mass is 100 g/mol. The van der Waals surface area contributed by atoms with Crippen LogP contribution >= 0.6 is 0 Å². The molecule has 0 aliphatic heterocycles. The first-order valence-corrected chi connectivity index (χ1v) is 2.79. The maximum absolute atomic E-state index is 4.60. The standard InChI is InChI=1S/C3H4.2C2H6/c1-3-2;2*1-2/h1H,2H3;2*1-2H3. The number of terminal acetylenes is 1. The summed E-state index contributed by atoms with van der Waals surface area (Å²) in [5.74, 6) is 2.25. The SMILES string of the molecule is C#CC.CC.CC. The van der Waals surface area contributed by atoms with Crippen molar-refractivity contribution in [3.8, 4) is 12.3 Å². The Balaban J connectivity index is -0.0000000360. The van der Waals surface area contributed by atoms with Gasteiger partial charge >= 0.3 is 0 Å². The molecule has 0 fully saturated rings. The third kappa shape index (κ3) is 364. The Morgan fingerprint density at radius 2 is 1.00 bits per heavy atom. The van der Waals surface area contributed by atoms with E-state index in [9.17, 15) is 0 Å². The van der Waals surface area contributed by atoms with Crippen LogP contribution in [0, 0.1) is 12.3 Å². The van der Waals surface area contributed by atoms with Crippen LogP contribution in [-0.4, -0.2) is 0 Å². The first-order chi connectivity index (χ1) is 3.41. The molecule has 0 aliphatic rings. The van der Waals surface area contributed by atoms with Gasteiger partial charge in [-0.15, -0.1) is 12.3 Å². The van der Waals surface area contributed by atoms with Crippen LogP contribution in [0.4, 0.5) is 0 Å². The molecule has 0 amide bonds. The molecule has 0 rings (SSSR count). The fourth-order valence-corrected chi connectivity index (χ4v) is 0. The molecule has 0 spiro atoms. The molecular weight excluding hydrogens is 84.1 g/mol. The molecule has 0 radical (unpaired) electrons. The van der Waals surface area contributed by atoms with Gasteiger partial charge in [-0.2, -0.15) is 0 Å². The van der Waals surface area contributed by atoms with E-state index < -0.39 is 0 Å². The average Bonchev–Trinajstić information content (AvgIpc) is 1.78. The van der Waals surface area contributed by atoms with Crippen molar-refractivity contribution >= 4 is 0 Å². The number of hydrogen-bond acceptors (Lipinski definition) is 0. The second-order valence-corrected chi connectivity index (χ2v) is 0.289. The molecule has 0 N–H and O–H groups in total. The van der Waals surface area contributed by atoms with Crippen LogP contribution in [0.1, 0.15) is 34.6 Å². The fourth-order valence-electron chi connectivity index (χ4n) is 0. The zero-order chi connectivity index (χ0) is 6.71. The average molecular weight is 100 g/mol. The highest BCUT2D eigenvalue weighted by atomic mass is 13.2. The third-order valence-electron chi connectivity index (χ3n) is 0. The van der Waals surface area contributed by atoms with Crippen molar-refractivity contribution in [2.45, 2.75) is 34.6 Å². The second kappa shape index (κ2) is 369. The molecule has 0 atom stereocenters. The van der Waals surface area contributed by atoms with Gasteiger partial charge in [0.2, 0.25) is 0 Å². The maximum atomic E-state index is 4.60. The lowest BCUT2D eigenvalue weighted by Gasteiger charge is -1.23. The van der Waals surface area contributed by atoms with E-state index in [2.05, 4.69) is 12.3 Å². The van der Waals surface area contributed by atoms with Gasteiger partial charge in [0.05, 0.1) is 0 Å². The van der Waals surface area contributed by atoms with Gasteiger partial charge < -0.3 is 0 Å². The van der Waals surface area contributed by atoms with Crippen molar-refractivity contribution < 1.29 is 0 Å². The van der Waals surface area contributed by atoms with E-state index in [0.717, 1.165) is 0 Å². The Morgan fingerprint density at radius 1 is 1.00 bits per heavy atom. The lowest BCUT2D eigenvalue weighted by molar-refractivity contribution is 1.50. The van der Waals surface area contributed by atoms with Crippen LogP contribution in [0.25, 0.3) is 0 Å². The van der Waals surface area contributed by atoms with Crippen LogP contribution in [0.5, 0.6) is 0 Å². The summed E-state index contributed by atoms with van der Waals surface area (Å²) >= 11 is 0.